The molecule has 0 aliphatic carbocycles. The number of carbonyl (C=O) groups is 2. The quantitative estimate of drug-likeness (QED) is 0.778. The SMILES string of the molecule is COCCN1C(=O)CO[C@H]2CN(C(=O)c3cnc[nH]3)C[C@@H]21. The van der Waals surface area contributed by atoms with Gasteiger partial charge >= 0.3 is 0 Å². The fourth-order valence-corrected chi connectivity index (χ4v) is 2.86. The van der Waals surface area contributed by atoms with Gasteiger partial charge in [0.2, 0.25) is 5.91 Å². The van der Waals surface area contributed by atoms with Crippen molar-refractivity contribution in [3.63, 3.8) is 0 Å². The van der Waals surface area contributed by atoms with Gasteiger partial charge in [0.1, 0.15) is 12.3 Å². The van der Waals surface area contributed by atoms with Crippen LogP contribution in [0.3, 0.4) is 0 Å². The van der Waals surface area contributed by atoms with Gasteiger partial charge in [-0.25, -0.2) is 4.98 Å². The Morgan fingerprint density at radius 2 is 2.43 bits per heavy atom. The number of ether oxygens (including phenoxy) is 2. The highest BCUT2D eigenvalue weighted by atomic mass is 16.5. The average molecular weight is 294 g/mol. The van der Waals surface area contributed by atoms with Crippen LogP contribution in [0, 0.1) is 0 Å². The molecule has 0 bridgehead atoms. The van der Waals surface area contributed by atoms with Crippen LogP contribution in [0.4, 0.5) is 0 Å². The van der Waals surface area contributed by atoms with Crippen LogP contribution in [-0.2, 0) is 14.3 Å². The largest absolute Gasteiger partial charge is 0.383 e. The number of hydrogen-bond acceptors (Lipinski definition) is 5. The number of fused-ring (bicyclic) bond motifs is 1. The lowest BCUT2D eigenvalue weighted by Crippen LogP contribution is -2.54. The summed E-state index contributed by atoms with van der Waals surface area (Å²) < 4.78 is 10.6. The smallest absolute Gasteiger partial charge is 0.272 e. The number of rotatable bonds is 4. The second-order valence-electron chi connectivity index (χ2n) is 5.17. The summed E-state index contributed by atoms with van der Waals surface area (Å²) in [6, 6.07) is -0.103. The Balaban J connectivity index is 1.71. The van der Waals surface area contributed by atoms with Gasteiger partial charge in [-0.3, -0.25) is 9.59 Å². The summed E-state index contributed by atoms with van der Waals surface area (Å²) in [5.74, 6) is -0.172. The number of nitrogens with one attached hydrogen (secondary N) is 1. The minimum Gasteiger partial charge on any atom is -0.383 e. The molecule has 114 valence electrons. The zero-order valence-corrected chi connectivity index (χ0v) is 11.8. The van der Waals surface area contributed by atoms with Crippen molar-refractivity contribution in [2.24, 2.45) is 0 Å². The van der Waals surface area contributed by atoms with E-state index in [1.165, 1.54) is 12.5 Å². The maximum atomic E-state index is 12.3. The van der Waals surface area contributed by atoms with Crippen molar-refractivity contribution in [1.29, 1.82) is 0 Å². The molecule has 3 heterocycles. The van der Waals surface area contributed by atoms with Gasteiger partial charge in [0.25, 0.3) is 5.91 Å². The molecule has 1 aromatic heterocycles. The van der Waals surface area contributed by atoms with Gasteiger partial charge in [0.05, 0.1) is 31.3 Å². The summed E-state index contributed by atoms with van der Waals surface area (Å²) in [6.45, 7) is 2.02. The molecule has 2 aliphatic rings. The van der Waals surface area contributed by atoms with E-state index in [0.717, 1.165) is 0 Å². The Morgan fingerprint density at radius 1 is 1.57 bits per heavy atom. The number of morpholine rings is 1. The van der Waals surface area contributed by atoms with E-state index in [-0.39, 0.29) is 30.6 Å². The van der Waals surface area contributed by atoms with Crippen molar-refractivity contribution in [3.8, 4) is 0 Å². The summed E-state index contributed by atoms with van der Waals surface area (Å²) in [4.78, 5) is 34.4. The summed E-state index contributed by atoms with van der Waals surface area (Å²) in [5.41, 5.74) is 0.448. The van der Waals surface area contributed by atoms with Crippen LogP contribution in [0.5, 0.6) is 0 Å². The van der Waals surface area contributed by atoms with Crippen molar-refractivity contribution in [2.75, 3.05) is 40.0 Å². The summed E-state index contributed by atoms with van der Waals surface area (Å²) >= 11 is 0. The normalized spacial score (nSPS) is 25.3. The fraction of sp³-hybridized carbons (Fsp3) is 0.615. The van der Waals surface area contributed by atoms with E-state index in [9.17, 15) is 9.59 Å². The van der Waals surface area contributed by atoms with Gasteiger partial charge in [0, 0.05) is 26.7 Å². The third-order valence-electron chi connectivity index (χ3n) is 3.93. The van der Waals surface area contributed by atoms with E-state index in [4.69, 9.17) is 9.47 Å². The molecule has 8 nitrogen and oxygen atoms in total. The molecule has 21 heavy (non-hydrogen) atoms. The number of H-pyrrole nitrogens is 1. The standard InChI is InChI=1S/C13H18N4O4/c1-20-3-2-17-10-5-16(6-11(10)21-7-12(17)18)13(19)9-4-14-8-15-9/h4,8,10-11H,2-3,5-7H2,1H3,(H,14,15)/t10-,11-/m0/s1. The monoisotopic (exact) mass is 294 g/mol. The molecule has 0 spiro atoms. The second kappa shape index (κ2) is 5.82. The molecule has 2 atom stereocenters. The Kier molecular flexibility index (Phi) is 3.89. The fourth-order valence-electron chi connectivity index (χ4n) is 2.86. The number of nitrogens with zero attached hydrogens (tertiary/aromatic N) is 3. The number of aromatic amines is 1. The lowest BCUT2D eigenvalue weighted by Gasteiger charge is -2.36. The topological polar surface area (TPSA) is 87.8 Å². The highest BCUT2D eigenvalue weighted by Gasteiger charge is 2.44. The lowest BCUT2D eigenvalue weighted by atomic mass is 10.1. The molecule has 2 fully saturated rings. The predicted octanol–water partition coefficient (Wildman–Crippen LogP) is -0.892. The molecule has 2 saturated heterocycles. The van der Waals surface area contributed by atoms with E-state index < -0.39 is 0 Å². The van der Waals surface area contributed by atoms with Gasteiger partial charge in [-0.05, 0) is 0 Å². The van der Waals surface area contributed by atoms with E-state index in [1.807, 2.05) is 0 Å². The molecular weight excluding hydrogens is 276 g/mol. The first-order chi connectivity index (χ1) is 10.2. The van der Waals surface area contributed by atoms with Crippen LogP contribution in [0.25, 0.3) is 0 Å². The van der Waals surface area contributed by atoms with Gasteiger partial charge in [-0.1, -0.05) is 0 Å². The highest BCUT2D eigenvalue weighted by Crippen LogP contribution is 2.24. The van der Waals surface area contributed by atoms with E-state index in [1.54, 1.807) is 16.9 Å². The van der Waals surface area contributed by atoms with Crippen LogP contribution in [-0.4, -0.2) is 83.7 Å². The third kappa shape index (κ3) is 2.64. The minimum absolute atomic E-state index is 0.0517. The Morgan fingerprint density at radius 3 is 3.14 bits per heavy atom. The lowest BCUT2D eigenvalue weighted by molar-refractivity contribution is -0.153. The van der Waals surface area contributed by atoms with Gasteiger partial charge in [0.15, 0.2) is 0 Å². The van der Waals surface area contributed by atoms with E-state index in [0.29, 0.717) is 31.9 Å². The van der Waals surface area contributed by atoms with Crippen molar-refractivity contribution in [2.45, 2.75) is 12.1 Å². The van der Waals surface area contributed by atoms with Crippen LogP contribution >= 0.6 is 0 Å². The molecule has 0 saturated carbocycles. The van der Waals surface area contributed by atoms with Gasteiger partial charge < -0.3 is 24.3 Å². The average Bonchev–Trinajstić information content (AvgIpc) is 3.14. The first-order valence-electron chi connectivity index (χ1n) is 6.88. The molecule has 0 aromatic carbocycles. The van der Waals surface area contributed by atoms with Crippen LogP contribution in [0.15, 0.2) is 12.5 Å². The maximum Gasteiger partial charge on any atom is 0.272 e. The second-order valence-corrected chi connectivity index (χ2v) is 5.17. The van der Waals surface area contributed by atoms with Crippen LogP contribution in [0.1, 0.15) is 10.5 Å². The van der Waals surface area contributed by atoms with Crippen LogP contribution in [0.2, 0.25) is 0 Å². The van der Waals surface area contributed by atoms with Gasteiger partial charge in [-0.2, -0.15) is 0 Å². The number of imidazole rings is 1. The number of hydrogen-bond donors (Lipinski definition) is 1. The van der Waals surface area contributed by atoms with E-state index in [2.05, 4.69) is 9.97 Å². The van der Waals surface area contributed by atoms with Crippen LogP contribution < -0.4 is 0 Å². The first-order valence-corrected chi connectivity index (χ1v) is 6.88. The highest BCUT2D eigenvalue weighted by molar-refractivity contribution is 5.92. The zero-order valence-electron chi connectivity index (χ0n) is 11.8. The number of carbonyl (C=O) groups excluding carboxylic acids is 2. The van der Waals surface area contributed by atoms with Gasteiger partial charge in [-0.15, -0.1) is 0 Å². The van der Waals surface area contributed by atoms with Crippen molar-refractivity contribution in [1.82, 2.24) is 19.8 Å². The summed E-state index contributed by atoms with van der Waals surface area (Å²) in [6.07, 6.45) is 2.84. The maximum absolute atomic E-state index is 12.3. The molecule has 3 rings (SSSR count). The molecule has 0 unspecified atom stereocenters. The zero-order chi connectivity index (χ0) is 14.8. The Hall–Kier alpha value is -1.93. The number of amides is 2. The molecular formula is C13H18N4O4. The molecule has 1 aromatic rings. The Labute approximate surface area is 122 Å². The molecule has 2 aliphatic heterocycles. The number of aromatic nitrogens is 2. The Bertz CT molecular complexity index is 518. The molecule has 0 radical (unpaired) electrons. The number of methoxy groups -OCH3 is 1. The van der Waals surface area contributed by atoms with Crippen molar-refractivity contribution < 1.29 is 19.1 Å². The van der Waals surface area contributed by atoms with Crippen molar-refractivity contribution in [3.05, 3.63) is 18.2 Å². The number of likely N-dealkylation sites (tertiary alicyclic amines) is 1. The molecule has 2 amide bonds. The first kappa shape index (κ1) is 14.0. The summed E-state index contributed by atoms with van der Waals surface area (Å²) in [5, 5.41) is 0. The third-order valence-corrected chi connectivity index (χ3v) is 3.93. The summed E-state index contributed by atoms with van der Waals surface area (Å²) in [7, 11) is 1.60. The predicted molar refractivity (Wildman–Crippen MR) is 71.6 cm³/mol. The van der Waals surface area contributed by atoms with E-state index >= 15 is 0 Å². The van der Waals surface area contributed by atoms with Crippen molar-refractivity contribution >= 4 is 11.8 Å². The molecule has 1 N–H and O–H groups in total. The molecule has 8 heteroatoms. The minimum atomic E-state index is -0.133.